The first-order valence-corrected chi connectivity index (χ1v) is 11.5. The van der Waals surface area contributed by atoms with E-state index in [9.17, 15) is 17.6 Å². The largest absolute Gasteiger partial charge is 0.271 e. The molecule has 1 amide bonds. The van der Waals surface area contributed by atoms with E-state index < -0.39 is 28.3 Å². The van der Waals surface area contributed by atoms with Gasteiger partial charge in [-0.05, 0) is 56.9 Å². The Morgan fingerprint density at radius 3 is 2.30 bits per heavy atom. The Kier molecular flexibility index (Phi) is 7.20. The lowest BCUT2D eigenvalue weighted by molar-refractivity contribution is -0.119. The van der Waals surface area contributed by atoms with Gasteiger partial charge >= 0.3 is 0 Å². The van der Waals surface area contributed by atoms with Gasteiger partial charge in [-0.1, -0.05) is 42.7 Å². The molecule has 2 aromatic rings. The monoisotopic (exact) mass is 431 g/mol. The Hall–Kier alpha value is -2.74. The fourth-order valence-corrected chi connectivity index (χ4v) is 4.78. The van der Waals surface area contributed by atoms with Crippen LogP contribution in [0, 0.1) is 12.7 Å². The second kappa shape index (κ2) is 9.84. The van der Waals surface area contributed by atoms with Crippen molar-refractivity contribution in [2.45, 2.75) is 50.3 Å². The summed E-state index contributed by atoms with van der Waals surface area (Å²) in [5, 5.41) is 4.18. The van der Waals surface area contributed by atoms with E-state index in [1.165, 1.54) is 30.3 Å². The lowest BCUT2D eigenvalue weighted by atomic mass is 10.2. The number of carbonyl (C=O) groups is 1. The van der Waals surface area contributed by atoms with Crippen molar-refractivity contribution in [3.63, 3.8) is 0 Å². The van der Waals surface area contributed by atoms with E-state index >= 15 is 0 Å². The number of nitrogens with one attached hydrogen (secondary N) is 1. The molecule has 3 rings (SSSR count). The molecule has 0 atom stereocenters. The van der Waals surface area contributed by atoms with E-state index in [1.54, 1.807) is 12.1 Å². The Morgan fingerprint density at radius 1 is 1.03 bits per heavy atom. The molecule has 8 heteroatoms. The van der Waals surface area contributed by atoms with Crippen molar-refractivity contribution in [1.82, 2.24) is 5.43 Å². The highest BCUT2D eigenvalue weighted by Crippen LogP contribution is 2.26. The summed E-state index contributed by atoms with van der Waals surface area (Å²) < 4.78 is 41.7. The molecule has 0 saturated heterocycles. The maximum absolute atomic E-state index is 14.5. The molecule has 2 aromatic carbocycles. The Bertz CT molecular complexity index is 1010. The number of anilines is 1. The number of hydrogen-bond donors (Lipinski definition) is 1. The van der Waals surface area contributed by atoms with Gasteiger partial charge in [0, 0.05) is 5.71 Å². The zero-order valence-electron chi connectivity index (χ0n) is 17.0. The summed E-state index contributed by atoms with van der Waals surface area (Å²) in [6, 6.07) is 11.7. The van der Waals surface area contributed by atoms with Crippen LogP contribution >= 0.6 is 0 Å². The fraction of sp³-hybridized carbons (Fsp3) is 0.364. The molecule has 160 valence electrons. The van der Waals surface area contributed by atoms with Gasteiger partial charge in [-0.2, -0.15) is 5.10 Å². The van der Waals surface area contributed by atoms with E-state index in [0.717, 1.165) is 60.2 Å². The average Bonchev–Trinajstić information content (AvgIpc) is 3.00. The van der Waals surface area contributed by atoms with Crippen LogP contribution in [0.4, 0.5) is 10.1 Å². The molecule has 30 heavy (non-hydrogen) atoms. The highest BCUT2D eigenvalue weighted by molar-refractivity contribution is 7.92. The molecule has 0 unspecified atom stereocenters. The number of carbonyl (C=O) groups excluding carboxylic acids is 1. The molecule has 1 aliphatic rings. The van der Waals surface area contributed by atoms with Crippen molar-refractivity contribution in [2.75, 3.05) is 10.8 Å². The zero-order valence-corrected chi connectivity index (χ0v) is 17.8. The zero-order chi connectivity index (χ0) is 21.6. The second-order valence-corrected chi connectivity index (χ2v) is 9.27. The van der Waals surface area contributed by atoms with Gasteiger partial charge in [0.15, 0.2) is 0 Å². The number of hydrazone groups is 1. The molecule has 0 aliphatic heterocycles. The molecule has 6 nitrogen and oxygen atoms in total. The van der Waals surface area contributed by atoms with Gasteiger partial charge in [-0.25, -0.2) is 18.2 Å². The number of halogens is 1. The topological polar surface area (TPSA) is 78.8 Å². The standard InChI is InChI=1S/C22H26FN3O3S/c1-17-12-14-19(15-13-17)30(28,29)26(21-11-7-6-10-20(21)23)16-22(27)25-24-18-8-4-2-3-5-9-18/h6-7,10-15H,2-5,8-9,16H2,1H3,(H,25,27). The van der Waals surface area contributed by atoms with E-state index in [0.29, 0.717) is 0 Å². The van der Waals surface area contributed by atoms with Crippen molar-refractivity contribution in [3.05, 3.63) is 59.9 Å². The molecule has 1 saturated carbocycles. The summed E-state index contributed by atoms with van der Waals surface area (Å²) in [4.78, 5) is 12.5. The first-order valence-electron chi connectivity index (χ1n) is 10.1. The Balaban J connectivity index is 1.86. The molecule has 1 fully saturated rings. The highest BCUT2D eigenvalue weighted by Gasteiger charge is 2.29. The molecule has 0 spiro atoms. The quantitative estimate of drug-likeness (QED) is 0.551. The van der Waals surface area contributed by atoms with E-state index in [2.05, 4.69) is 10.5 Å². The van der Waals surface area contributed by atoms with Gasteiger partial charge < -0.3 is 0 Å². The molecule has 0 heterocycles. The number of hydrogen-bond acceptors (Lipinski definition) is 4. The van der Waals surface area contributed by atoms with Gasteiger partial charge in [-0.15, -0.1) is 0 Å². The van der Waals surface area contributed by atoms with Crippen LogP contribution in [0.2, 0.25) is 0 Å². The fourth-order valence-electron chi connectivity index (χ4n) is 3.35. The predicted molar refractivity (Wildman–Crippen MR) is 115 cm³/mol. The molecular formula is C22H26FN3O3S. The smallest absolute Gasteiger partial charge is 0.264 e. The molecule has 1 aliphatic carbocycles. The minimum atomic E-state index is -4.15. The van der Waals surface area contributed by atoms with E-state index in [-0.39, 0.29) is 10.6 Å². The lowest BCUT2D eigenvalue weighted by Gasteiger charge is -2.24. The van der Waals surface area contributed by atoms with Crippen LogP contribution in [0.25, 0.3) is 0 Å². The van der Waals surface area contributed by atoms with E-state index in [4.69, 9.17) is 0 Å². The number of nitrogens with zero attached hydrogens (tertiary/aromatic N) is 2. The third-order valence-corrected chi connectivity index (χ3v) is 6.81. The predicted octanol–water partition coefficient (Wildman–Crippen LogP) is 4.16. The molecule has 1 N–H and O–H groups in total. The van der Waals surface area contributed by atoms with Crippen molar-refractivity contribution >= 4 is 27.3 Å². The Labute approximate surface area is 176 Å². The summed E-state index contributed by atoms with van der Waals surface area (Å²) in [6.07, 6.45) is 5.97. The minimum absolute atomic E-state index is 0.0146. The van der Waals surface area contributed by atoms with Gasteiger partial charge in [0.05, 0.1) is 10.6 Å². The number of aryl methyl sites for hydroxylation is 1. The van der Waals surface area contributed by atoms with Gasteiger partial charge in [0.25, 0.3) is 15.9 Å². The van der Waals surface area contributed by atoms with Gasteiger partial charge in [0.1, 0.15) is 12.4 Å². The van der Waals surface area contributed by atoms with Crippen LogP contribution in [0.3, 0.4) is 0 Å². The number of benzene rings is 2. The van der Waals surface area contributed by atoms with Crippen LogP contribution in [0.1, 0.15) is 44.1 Å². The minimum Gasteiger partial charge on any atom is -0.271 e. The summed E-state index contributed by atoms with van der Waals surface area (Å²) in [7, 11) is -4.15. The maximum Gasteiger partial charge on any atom is 0.264 e. The van der Waals surface area contributed by atoms with Gasteiger partial charge in [-0.3, -0.25) is 9.10 Å². The first kappa shape index (κ1) is 22.0. The summed E-state index contributed by atoms with van der Waals surface area (Å²) in [5.74, 6) is -1.35. The lowest BCUT2D eigenvalue weighted by Crippen LogP contribution is -2.40. The average molecular weight is 432 g/mol. The number of sulfonamides is 1. The second-order valence-electron chi connectivity index (χ2n) is 7.40. The van der Waals surface area contributed by atoms with Crippen molar-refractivity contribution in [1.29, 1.82) is 0 Å². The third kappa shape index (κ3) is 5.44. The van der Waals surface area contributed by atoms with E-state index in [1.807, 2.05) is 6.92 Å². The Morgan fingerprint density at radius 2 is 1.67 bits per heavy atom. The number of para-hydroxylation sites is 1. The van der Waals surface area contributed by atoms with Crippen LogP contribution in [0.5, 0.6) is 0 Å². The van der Waals surface area contributed by atoms with Crippen molar-refractivity contribution in [2.24, 2.45) is 5.10 Å². The normalized spacial score (nSPS) is 14.7. The van der Waals surface area contributed by atoms with Crippen molar-refractivity contribution in [3.8, 4) is 0 Å². The molecule has 0 bridgehead atoms. The molecule has 0 aromatic heterocycles. The van der Waals surface area contributed by atoms with Crippen LogP contribution in [-0.4, -0.2) is 26.6 Å². The van der Waals surface area contributed by atoms with Crippen LogP contribution < -0.4 is 9.73 Å². The SMILES string of the molecule is Cc1ccc(S(=O)(=O)N(CC(=O)NN=C2CCCCCC2)c2ccccc2F)cc1. The maximum atomic E-state index is 14.5. The molecular weight excluding hydrogens is 405 g/mol. The summed E-state index contributed by atoms with van der Waals surface area (Å²) in [5.41, 5.74) is 4.06. The number of amides is 1. The number of rotatable bonds is 6. The highest BCUT2D eigenvalue weighted by atomic mass is 32.2. The third-order valence-electron chi connectivity index (χ3n) is 5.04. The van der Waals surface area contributed by atoms with Crippen molar-refractivity contribution < 1.29 is 17.6 Å². The summed E-state index contributed by atoms with van der Waals surface area (Å²) in [6.45, 7) is 1.26. The molecule has 0 radical (unpaired) electrons. The van der Waals surface area contributed by atoms with Crippen LogP contribution in [0.15, 0.2) is 58.5 Å². The van der Waals surface area contributed by atoms with Gasteiger partial charge in [0.2, 0.25) is 0 Å². The van der Waals surface area contributed by atoms with Crippen LogP contribution in [-0.2, 0) is 14.8 Å². The first-order chi connectivity index (χ1) is 14.4. The summed E-state index contributed by atoms with van der Waals surface area (Å²) >= 11 is 0.